The number of nitrogens with one attached hydrogen (secondary N) is 2. The number of para-hydroxylation sites is 3. The van der Waals surface area contributed by atoms with Crippen molar-refractivity contribution in [1.82, 2.24) is 14.5 Å². The molecule has 2 atom stereocenters. The molecule has 0 saturated heterocycles. The summed E-state index contributed by atoms with van der Waals surface area (Å²) in [5.74, 6) is 2.49. The van der Waals surface area contributed by atoms with E-state index in [2.05, 4.69) is 33.1 Å². The van der Waals surface area contributed by atoms with Crippen LogP contribution in [0.1, 0.15) is 35.9 Å². The third kappa shape index (κ3) is 3.51. The Morgan fingerprint density at radius 2 is 1.67 bits per heavy atom. The minimum absolute atomic E-state index is 0.0583. The van der Waals surface area contributed by atoms with Gasteiger partial charge in [0.25, 0.3) is 0 Å². The van der Waals surface area contributed by atoms with E-state index in [1.165, 1.54) is 0 Å². The van der Waals surface area contributed by atoms with Gasteiger partial charge >= 0.3 is 0 Å². The van der Waals surface area contributed by atoms with E-state index in [-0.39, 0.29) is 17.7 Å². The molecule has 196 valence electrons. The van der Waals surface area contributed by atoms with Crippen LogP contribution in [0.15, 0.2) is 78.1 Å². The number of imidazole rings is 1. The Balaban J connectivity index is 1.39. The van der Waals surface area contributed by atoms with Gasteiger partial charge in [0, 0.05) is 40.4 Å². The predicted octanol–water partition coefficient (Wildman–Crippen LogP) is 5.96. The van der Waals surface area contributed by atoms with Crippen molar-refractivity contribution in [3.05, 3.63) is 89.3 Å². The highest BCUT2D eigenvalue weighted by atomic mass is 16.5. The number of H-pyrrole nitrogens is 1. The van der Waals surface area contributed by atoms with E-state index in [4.69, 9.17) is 19.2 Å². The number of allylic oxidation sites excluding steroid dienone is 2. The lowest BCUT2D eigenvalue weighted by Gasteiger charge is -2.36. The zero-order valence-corrected chi connectivity index (χ0v) is 21.9. The van der Waals surface area contributed by atoms with E-state index < -0.39 is 0 Å². The van der Waals surface area contributed by atoms with E-state index in [1.807, 2.05) is 48.7 Å². The Hall–Kier alpha value is -4.72. The molecule has 0 saturated carbocycles. The molecule has 3 aromatic carbocycles. The molecule has 8 heteroatoms. The van der Waals surface area contributed by atoms with Crippen molar-refractivity contribution in [2.75, 3.05) is 26.6 Å². The lowest BCUT2D eigenvalue weighted by Crippen LogP contribution is -2.33. The summed E-state index contributed by atoms with van der Waals surface area (Å²) in [5.41, 5.74) is 6.64. The first kappa shape index (κ1) is 23.4. The average molecular weight is 521 g/mol. The van der Waals surface area contributed by atoms with E-state index in [0.29, 0.717) is 30.1 Å². The molecule has 0 radical (unpaired) electrons. The van der Waals surface area contributed by atoms with Crippen molar-refractivity contribution in [2.24, 2.45) is 0 Å². The van der Waals surface area contributed by atoms with Crippen LogP contribution in [0.5, 0.6) is 17.2 Å². The number of carbonyl (C=O) groups is 1. The summed E-state index contributed by atoms with van der Waals surface area (Å²) in [6.07, 6.45) is 3.06. The molecule has 1 aliphatic carbocycles. The second-order valence-corrected chi connectivity index (χ2v) is 9.99. The van der Waals surface area contributed by atoms with Gasteiger partial charge in [0.05, 0.1) is 38.4 Å². The van der Waals surface area contributed by atoms with Crippen LogP contribution in [0.25, 0.3) is 21.9 Å². The number of ketones is 1. The first-order valence-corrected chi connectivity index (χ1v) is 13.0. The van der Waals surface area contributed by atoms with Crippen molar-refractivity contribution in [2.45, 2.75) is 24.8 Å². The average Bonchev–Trinajstić information content (AvgIpc) is 3.56. The maximum atomic E-state index is 14.1. The topological polar surface area (TPSA) is 90.4 Å². The number of anilines is 1. The van der Waals surface area contributed by atoms with Crippen molar-refractivity contribution in [1.29, 1.82) is 0 Å². The van der Waals surface area contributed by atoms with Gasteiger partial charge in [0.1, 0.15) is 0 Å². The summed E-state index contributed by atoms with van der Waals surface area (Å²) in [4.78, 5) is 22.5. The van der Waals surface area contributed by atoms with Crippen LogP contribution >= 0.6 is 0 Å². The van der Waals surface area contributed by atoms with Crippen LogP contribution in [0, 0.1) is 0 Å². The number of hydrogen-bond acceptors (Lipinski definition) is 6. The smallest absolute Gasteiger partial charge is 0.209 e. The van der Waals surface area contributed by atoms with Crippen LogP contribution in [0.2, 0.25) is 0 Å². The Bertz CT molecular complexity index is 1770. The zero-order valence-electron chi connectivity index (χ0n) is 21.9. The molecule has 39 heavy (non-hydrogen) atoms. The van der Waals surface area contributed by atoms with E-state index in [9.17, 15) is 4.79 Å². The minimum atomic E-state index is -0.298. The normalized spacial score (nSPS) is 18.6. The number of ether oxygens (including phenoxy) is 3. The van der Waals surface area contributed by atoms with Gasteiger partial charge in [-0.15, -0.1) is 0 Å². The highest BCUT2D eigenvalue weighted by Crippen LogP contribution is 2.49. The highest BCUT2D eigenvalue weighted by molar-refractivity contribution is 6.02. The van der Waals surface area contributed by atoms with E-state index in [0.717, 1.165) is 50.3 Å². The molecule has 1 aliphatic heterocycles. The largest absolute Gasteiger partial charge is 0.493 e. The lowest BCUT2D eigenvalue weighted by atomic mass is 9.77. The van der Waals surface area contributed by atoms with Gasteiger partial charge in [0.15, 0.2) is 17.3 Å². The summed E-state index contributed by atoms with van der Waals surface area (Å²) in [6.45, 7) is 0. The molecule has 0 bridgehead atoms. The van der Waals surface area contributed by atoms with Crippen LogP contribution in [-0.4, -0.2) is 41.6 Å². The van der Waals surface area contributed by atoms with Crippen LogP contribution in [-0.2, 0) is 4.79 Å². The number of methoxy groups -OCH3 is 3. The number of rotatable bonds is 5. The van der Waals surface area contributed by atoms with Crippen LogP contribution in [0.4, 0.5) is 5.95 Å². The van der Waals surface area contributed by atoms with Gasteiger partial charge in [-0.1, -0.05) is 30.3 Å². The maximum Gasteiger partial charge on any atom is 0.209 e. The van der Waals surface area contributed by atoms with Crippen molar-refractivity contribution >= 4 is 33.7 Å². The third-order valence-corrected chi connectivity index (χ3v) is 7.97. The Kier molecular flexibility index (Phi) is 5.36. The van der Waals surface area contributed by atoms with Gasteiger partial charge in [-0.2, -0.15) is 0 Å². The number of nitrogens with zero attached hydrogens (tertiary/aromatic N) is 2. The van der Waals surface area contributed by atoms with Gasteiger partial charge in [-0.25, -0.2) is 4.98 Å². The standard InChI is InChI=1S/C31H28N4O4/c1-37-26-14-18(15-27(38-2)30(26)39-3)17-12-23-28(25(36)13-17)29(20-16-32-21-9-5-4-8-19(20)21)35-24-11-7-6-10-22(24)33-31(35)34-23/h4-11,14-17,29,32H,12-13H2,1-3H3,(H,33,34)/t17-,29-/m1/s1. The summed E-state index contributed by atoms with van der Waals surface area (Å²) in [5, 5.41) is 4.65. The molecule has 3 heterocycles. The minimum Gasteiger partial charge on any atom is -0.493 e. The van der Waals surface area contributed by atoms with Crippen LogP contribution in [0.3, 0.4) is 0 Å². The molecule has 2 N–H and O–H groups in total. The molecule has 0 fully saturated rings. The number of Topliss-reactive ketones (excluding diaryl/α,β-unsaturated/α-hetero) is 1. The lowest BCUT2D eigenvalue weighted by molar-refractivity contribution is -0.116. The Labute approximate surface area is 225 Å². The van der Waals surface area contributed by atoms with Gasteiger partial charge in [-0.3, -0.25) is 9.36 Å². The fraction of sp³-hybridized carbons (Fsp3) is 0.226. The van der Waals surface area contributed by atoms with Crippen molar-refractivity contribution < 1.29 is 19.0 Å². The molecule has 0 unspecified atom stereocenters. The highest BCUT2D eigenvalue weighted by Gasteiger charge is 2.40. The predicted molar refractivity (Wildman–Crippen MR) is 150 cm³/mol. The molecular formula is C31H28N4O4. The summed E-state index contributed by atoms with van der Waals surface area (Å²) in [6, 6.07) is 19.9. The number of hydrogen-bond donors (Lipinski definition) is 2. The van der Waals surface area contributed by atoms with Crippen molar-refractivity contribution in [3.8, 4) is 17.2 Å². The second kappa shape index (κ2) is 8.94. The summed E-state index contributed by atoms with van der Waals surface area (Å²) in [7, 11) is 4.80. The first-order chi connectivity index (χ1) is 19.1. The molecule has 2 aliphatic rings. The molecule has 2 aromatic heterocycles. The molecular weight excluding hydrogens is 492 g/mol. The number of aromatic nitrogens is 3. The number of aromatic amines is 1. The quantitative estimate of drug-likeness (QED) is 0.297. The summed E-state index contributed by atoms with van der Waals surface area (Å²) >= 11 is 0. The van der Waals surface area contributed by atoms with Crippen molar-refractivity contribution in [3.63, 3.8) is 0 Å². The zero-order chi connectivity index (χ0) is 26.7. The molecule has 5 aromatic rings. The number of fused-ring (bicyclic) bond motifs is 4. The number of benzene rings is 3. The fourth-order valence-electron chi connectivity index (χ4n) is 6.21. The van der Waals surface area contributed by atoms with Gasteiger partial charge < -0.3 is 24.5 Å². The first-order valence-electron chi connectivity index (χ1n) is 13.0. The monoisotopic (exact) mass is 520 g/mol. The van der Waals surface area contributed by atoms with Gasteiger partial charge in [-0.05, 0) is 48.2 Å². The molecule has 8 nitrogen and oxygen atoms in total. The molecule has 0 spiro atoms. The van der Waals surface area contributed by atoms with E-state index in [1.54, 1.807) is 21.3 Å². The molecule has 0 amide bonds. The third-order valence-electron chi connectivity index (χ3n) is 7.97. The van der Waals surface area contributed by atoms with Crippen LogP contribution < -0.4 is 19.5 Å². The Morgan fingerprint density at radius 3 is 2.44 bits per heavy atom. The number of carbonyl (C=O) groups excluding carboxylic acids is 1. The van der Waals surface area contributed by atoms with Gasteiger partial charge in [0.2, 0.25) is 11.7 Å². The SMILES string of the molecule is COc1cc([C@H]2CC(=O)C3=C(C2)Nc2nc4ccccc4n2[C@@H]3c2c[nH]c3ccccc23)cc(OC)c1OC. The maximum absolute atomic E-state index is 14.1. The molecule has 7 rings (SSSR count). The second-order valence-electron chi connectivity index (χ2n) is 9.99. The Morgan fingerprint density at radius 1 is 0.923 bits per heavy atom. The van der Waals surface area contributed by atoms with E-state index >= 15 is 0 Å². The fourth-order valence-corrected chi connectivity index (χ4v) is 6.21. The summed E-state index contributed by atoms with van der Waals surface area (Å²) < 4.78 is 18.9.